The van der Waals surface area contributed by atoms with Crippen LogP contribution < -0.4 is 10.2 Å². The number of rotatable bonds is 2. The summed E-state index contributed by atoms with van der Waals surface area (Å²) in [6, 6.07) is 7.45. The number of aliphatic carboxylic acids is 1. The number of anilines is 2. The van der Waals surface area contributed by atoms with Crippen LogP contribution in [-0.4, -0.2) is 32.9 Å². The van der Waals surface area contributed by atoms with Crippen molar-refractivity contribution >= 4 is 23.5 Å². The van der Waals surface area contributed by atoms with Gasteiger partial charge in [0.15, 0.2) is 5.82 Å². The Morgan fingerprint density at radius 2 is 2.10 bits per heavy atom. The molecule has 21 heavy (non-hydrogen) atoms. The summed E-state index contributed by atoms with van der Waals surface area (Å²) in [4.78, 5) is 25.1. The first-order valence-electron chi connectivity index (χ1n) is 6.47. The lowest BCUT2D eigenvalue weighted by Gasteiger charge is -2.22. The van der Waals surface area contributed by atoms with Crippen molar-refractivity contribution in [2.45, 2.75) is 12.5 Å². The zero-order valence-corrected chi connectivity index (χ0v) is 11.4. The molecule has 0 saturated carbocycles. The van der Waals surface area contributed by atoms with E-state index in [-0.39, 0.29) is 0 Å². The highest BCUT2D eigenvalue weighted by Crippen LogP contribution is 2.32. The van der Waals surface area contributed by atoms with Gasteiger partial charge >= 0.3 is 12.0 Å². The average molecular weight is 286 g/mol. The van der Waals surface area contributed by atoms with Gasteiger partial charge in [0.05, 0.1) is 0 Å². The van der Waals surface area contributed by atoms with Gasteiger partial charge in [-0.3, -0.25) is 14.9 Å². The second-order valence-electron chi connectivity index (χ2n) is 4.86. The van der Waals surface area contributed by atoms with Gasteiger partial charge in [0.1, 0.15) is 6.04 Å². The predicted octanol–water partition coefficient (Wildman–Crippen LogP) is 1.47. The van der Waals surface area contributed by atoms with Gasteiger partial charge in [-0.1, -0.05) is 18.2 Å². The standard InChI is InChI=1S/C14H14N4O3/c1-17-7-6-12(16-17)15-14(21)18-10-5-3-2-4-9(10)8-11(18)13(19)20/h2-7,11H,8H2,1H3,(H,19,20)(H,15,16,21). The maximum absolute atomic E-state index is 12.4. The number of hydrogen-bond donors (Lipinski definition) is 2. The van der Waals surface area contributed by atoms with Crippen LogP contribution in [0.15, 0.2) is 36.5 Å². The van der Waals surface area contributed by atoms with Gasteiger partial charge in [0.25, 0.3) is 0 Å². The molecule has 0 aliphatic carbocycles. The quantitative estimate of drug-likeness (QED) is 0.875. The van der Waals surface area contributed by atoms with Gasteiger partial charge in [-0.15, -0.1) is 0 Å². The van der Waals surface area contributed by atoms with E-state index in [0.717, 1.165) is 5.56 Å². The number of benzene rings is 1. The van der Waals surface area contributed by atoms with Crippen LogP contribution in [-0.2, 0) is 18.3 Å². The lowest BCUT2D eigenvalue weighted by atomic mass is 10.1. The Hall–Kier alpha value is -2.83. The van der Waals surface area contributed by atoms with E-state index in [1.807, 2.05) is 12.1 Å². The zero-order chi connectivity index (χ0) is 15.0. The van der Waals surface area contributed by atoms with E-state index in [4.69, 9.17) is 0 Å². The molecule has 108 valence electrons. The number of aryl methyl sites for hydroxylation is 1. The number of nitrogens with zero attached hydrogens (tertiary/aromatic N) is 3. The number of fused-ring (bicyclic) bond motifs is 1. The van der Waals surface area contributed by atoms with Crippen LogP contribution in [0.3, 0.4) is 0 Å². The number of para-hydroxylation sites is 1. The highest BCUT2D eigenvalue weighted by Gasteiger charge is 2.38. The smallest absolute Gasteiger partial charge is 0.328 e. The lowest BCUT2D eigenvalue weighted by Crippen LogP contribution is -2.45. The van der Waals surface area contributed by atoms with Crippen LogP contribution in [0, 0.1) is 0 Å². The van der Waals surface area contributed by atoms with Gasteiger partial charge in [0.2, 0.25) is 0 Å². The third kappa shape index (κ3) is 2.33. The maximum atomic E-state index is 12.4. The molecule has 1 aromatic heterocycles. The number of carbonyl (C=O) groups excluding carboxylic acids is 1. The molecule has 1 aliphatic rings. The first-order chi connectivity index (χ1) is 10.1. The summed E-state index contributed by atoms with van der Waals surface area (Å²) in [5.74, 6) is -0.640. The van der Waals surface area contributed by atoms with Gasteiger partial charge < -0.3 is 5.11 Å². The molecule has 2 heterocycles. The molecule has 7 nitrogen and oxygen atoms in total. The molecular formula is C14H14N4O3. The van der Waals surface area contributed by atoms with Gasteiger partial charge in [-0.25, -0.2) is 9.59 Å². The van der Waals surface area contributed by atoms with E-state index in [9.17, 15) is 14.7 Å². The molecule has 2 aromatic rings. The summed E-state index contributed by atoms with van der Waals surface area (Å²) in [6.07, 6.45) is 2.00. The minimum absolute atomic E-state index is 0.307. The highest BCUT2D eigenvalue weighted by molar-refractivity contribution is 6.07. The molecule has 2 N–H and O–H groups in total. The van der Waals surface area contributed by atoms with Crippen LogP contribution in [0.2, 0.25) is 0 Å². The monoisotopic (exact) mass is 286 g/mol. The van der Waals surface area contributed by atoms with Crippen molar-refractivity contribution in [1.29, 1.82) is 0 Å². The van der Waals surface area contributed by atoms with Crippen LogP contribution in [0.4, 0.5) is 16.3 Å². The van der Waals surface area contributed by atoms with Crippen LogP contribution in [0.5, 0.6) is 0 Å². The van der Waals surface area contributed by atoms with Crippen molar-refractivity contribution < 1.29 is 14.7 Å². The first kappa shape index (κ1) is 13.2. The molecular weight excluding hydrogens is 272 g/mol. The number of aromatic nitrogens is 2. The molecule has 2 amide bonds. The molecule has 3 rings (SSSR count). The van der Waals surface area contributed by atoms with Crippen LogP contribution in [0.1, 0.15) is 5.56 Å². The number of nitrogens with one attached hydrogen (secondary N) is 1. The van der Waals surface area contributed by atoms with Crippen molar-refractivity contribution in [2.75, 3.05) is 10.2 Å². The Bertz CT molecular complexity index is 710. The normalized spacial score (nSPS) is 16.6. The average Bonchev–Trinajstić information content (AvgIpc) is 3.02. The Balaban J connectivity index is 1.90. The molecule has 0 bridgehead atoms. The molecule has 0 fully saturated rings. The summed E-state index contributed by atoms with van der Waals surface area (Å²) in [7, 11) is 1.74. The van der Waals surface area contributed by atoms with Crippen molar-refractivity contribution in [2.24, 2.45) is 7.05 Å². The number of carboxylic acids is 1. The number of hydrogen-bond acceptors (Lipinski definition) is 3. The minimum atomic E-state index is -1.03. The summed E-state index contributed by atoms with van der Waals surface area (Å²) in [5, 5.41) is 16.0. The fraction of sp³-hybridized carbons (Fsp3) is 0.214. The molecule has 1 atom stereocenters. The molecule has 0 saturated heterocycles. The van der Waals surface area contributed by atoms with E-state index in [1.54, 1.807) is 36.1 Å². The fourth-order valence-corrected chi connectivity index (χ4v) is 2.49. The van der Waals surface area contributed by atoms with E-state index in [0.29, 0.717) is 17.9 Å². The lowest BCUT2D eigenvalue weighted by molar-refractivity contribution is -0.138. The topological polar surface area (TPSA) is 87.5 Å². The molecule has 0 radical (unpaired) electrons. The summed E-state index contributed by atoms with van der Waals surface area (Å²) in [5.41, 5.74) is 1.47. The Morgan fingerprint density at radius 1 is 1.33 bits per heavy atom. The number of carboxylic acid groups (broad SMARTS) is 1. The SMILES string of the molecule is Cn1ccc(NC(=O)N2c3ccccc3CC2C(=O)O)n1. The second-order valence-corrected chi connectivity index (χ2v) is 4.86. The molecule has 1 aromatic carbocycles. The Morgan fingerprint density at radius 3 is 2.76 bits per heavy atom. The second kappa shape index (κ2) is 4.93. The molecule has 7 heteroatoms. The van der Waals surface area contributed by atoms with Crippen molar-refractivity contribution in [3.8, 4) is 0 Å². The third-order valence-electron chi connectivity index (χ3n) is 3.43. The van der Waals surface area contributed by atoms with Gasteiger partial charge in [-0.05, 0) is 11.6 Å². The van der Waals surface area contributed by atoms with Crippen molar-refractivity contribution in [1.82, 2.24) is 9.78 Å². The number of urea groups is 1. The minimum Gasteiger partial charge on any atom is -0.480 e. The maximum Gasteiger partial charge on any atom is 0.328 e. The summed E-state index contributed by atoms with van der Waals surface area (Å²) < 4.78 is 1.56. The van der Waals surface area contributed by atoms with Gasteiger partial charge in [0, 0.05) is 31.4 Å². The third-order valence-corrected chi connectivity index (χ3v) is 3.43. The Kier molecular flexibility index (Phi) is 3.09. The van der Waals surface area contributed by atoms with E-state index >= 15 is 0 Å². The fourth-order valence-electron chi connectivity index (χ4n) is 2.49. The van der Waals surface area contributed by atoms with E-state index < -0.39 is 18.0 Å². The molecule has 1 aliphatic heterocycles. The van der Waals surface area contributed by atoms with Crippen LogP contribution >= 0.6 is 0 Å². The predicted molar refractivity (Wildman–Crippen MR) is 76.3 cm³/mol. The zero-order valence-electron chi connectivity index (χ0n) is 11.4. The highest BCUT2D eigenvalue weighted by atomic mass is 16.4. The van der Waals surface area contributed by atoms with Crippen molar-refractivity contribution in [3.05, 3.63) is 42.1 Å². The summed E-state index contributed by atoms with van der Waals surface area (Å²) in [6.45, 7) is 0. The summed E-state index contributed by atoms with van der Waals surface area (Å²) >= 11 is 0. The number of amides is 2. The van der Waals surface area contributed by atoms with Crippen LogP contribution in [0.25, 0.3) is 0 Å². The molecule has 0 spiro atoms. The molecule has 1 unspecified atom stereocenters. The van der Waals surface area contributed by atoms with E-state index in [2.05, 4.69) is 10.4 Å². The first-order valence-corrected chi connectivity index (χ1v) is 6.47. The van der Waals surface area contributed by atoms with E-state index in [1.165, 1.54) is 4.90 Å². The number of carbonyl (C=O) groups is 2. The van der Waals surface area contributed by atoms with Crippen molar-refractivity contribution in [3.63, 3.8) is 0 Å². The largest absolute Gasteiger partial charge is 0.480 e. The van der Waals surface area contributed by atoms with Gasteiger partial charge in [-0.2, -0.15) is 5.10 Å². The Labute approximate surface area is 120 Å².